The Morgan fingerprint density at radius 1 is 0.849 bits per heavy atom. The Kier molecular flexibility index (Phi) is 10.5. The van der Waals surface area contributed by atoms with Gasteiger partial charge >= 0.3 is 17.9 Å². The van der Waals surface area contributed by atoms with Gasteiger partial charge in [-0.1, -0.05) is 85.2 Å². The molecule has 1 aromatic carbocycles. The number of benzene rings is 1. The number of ketones is 1. The van der Waals surface area contributed by atoms with E-state index in [-0.39, 0.29) is 33.9 Å². The number of rotatable bonds is 8. The average molecular weight is 731 g/mol. The first-order valence-corrected chi connectivity index (χ1v) is 20.6. The van der Waals surface area contributed by atoms with Gasteiger partial charge in [-0.2, -0.15) is 0 Å². The van der Waals surface area contributed by atoms with E-state index in [0.29, 0.717) is 42.9 Å². The summed E-state index contributed by atoms with van der Waals surface area (Å²) in [6.45, 7) is 23.1. The summed E-state index contributed by atoms with van der Waals surface area (Å²) < 4.78 is 17.3. The molecule has 0 aliphatic heterocycles. The van der Waals surface area contributed by atoms with Crippen molar-refractivity contribution >= 4 is 23.7 Å². The number of esters is 3. The van der Waals surface area contributed by atoms with E-state index in [0.717, 1.165) is 24.8 Å². The molecule has 292 valence electrons. The van der Waals surface area contributed by atoms with Crippen LogP contribution < -0.4 is 0 Å². The van der Waals surface area contributed by atoms with Gasteiger partial charge in [0.1, 0.15) is 11.5 Å². The third kappa shape index (κ3) is 6.32. The molecule has 0 heterocycles. The predicted molar refractivity (Wildman–Crippen MR) is 205 cm³/mol. The van der Waals surface area contributed by atoms with E-state index in [1.807, 2.05) is 31.2 Å². The summed E-state index contributed by atoms with van der Waals surface area (Å²) in [5.74, 6) is -0.298. The Morgan fingerprint density at radius 3 is 2.17 bits per heavy atom. The van der Waals surface area contributed by atoms with Crippen LogP contribution in [-0.2, 0) is 39.8 Å². The van der Waals surface area contributed by atoms with Crippen LogP contribution in [-0.4, -0.2) is 36.6 Å². The molecule has 7 nitrogen and oxygen atoms in total. The molecule has 5 aliphatic rings. The molecule has 0 amide bonds. The fourth-order valence-electron chi connectivity index (χ4n) is 13.0. The first kappa shape index (κ1) is 39.7. The standard InChI is InChI=1S/C46H66O7/c1-27(2)24-32-12-14-33(15-13-32)30(5)40(49)51-26-52-41(50)46(11)36-17-21-45(10)39(43(36,8)20-18-37(46)53-31(6)47)35(48)25-34-38-29(4)28(3)16-19-42(38,7)22-23-44(34,45)9/h12-15,25,27-30,36-39H,16-24,26H2,1-11H3/t28-,29+,30?,36-,37-,38+,39-,42-,43+,44+,45-,46-/m1/s1. The third-order valence-electron chi connectivity index (χ3n) is 16.4. The van der Waals surface area contributed by atoms with Gasteiger partial charge in [0.15, 0.2) is 5.78 Å². The second kappa shape index (κ2) is 14.0. The second-order valence-electron chi connectivity index (χ2n) is 19.8. The van der Waals surface area contributed by atoms with Crippen LogP contribution in [0.1, 0.15) is 145 Å². The highest BCUT2D eigenvalue weighted by Crippen LogP contribution is 2.75. The maximum atomic E-state index is 14.9. The van der Waals surface area contributed by atoms with Crippen LogP contribution in [0, 0.1) is 62.6 Å². The van der Waals surface area contributed by atoms with Crippen molar-refractivity contribution in [3.05, 3.63) is 47.0 Å². The lowest BCUT2D eigenvalue weighted by molar-refractivity contribution is -0.227. The third-order valence-corrected chi connectivity index (χ3v) is 16.4. The van der Waals surface area contributed by atoms with E-state index in [1.165, 1.54) is 37.3 Å². The molecular formula is C46H66O7. The van der Waals surface area contributed by atoms with Gasteiger partial charge in [-0.3, -0.25) is 19.2 Å². The lowest BCUT2D eigenvalue weighted by Crippen LogP contribution is -2.68. The van der Waals surface area contributed by atoms with E-state index in [9.17, 15) is 19.2 Å². The van der Waals surface area contributed by atoms with Gasteiger partial charge in [0.2, 0.25) is 6.79 Å². The zero-order chi connectivity index (χ0) is 38.9. The quantitative estimate of drug-likeness (QED) is 0.194. The van der Waals surface area contributed by atoms with Crippen LogP contribution in [0.2, 0.25) is 0 Å². The predicted octanol–water partition coefficient (Wildman–Crippen LogP) is 9.80. The SMILES string of the molecule is CC(=O)O[C@@H]1CC[C@@]2(C)[C@@H](CC[C@]3(C)[C@@H]2C(=O)C=C2[C@@H]4[C@@H](C)[C@H](C)CC[C@]4(C)CC[C@@]23C)[C@@]1(C)C(=O)OCOC(=O)C(C)c1ccc(CC(C)C)cc1. The van der Waals surface area contributed by atoms with Crippen LogP contribution >= 0.6 is 0 Å². The summed E-state index contributed by atoms with van der Waals surface area (Å²) in [6, 6.07) is 7.99. The van der Waals surface area contributed by atoms with E-state index < -0.39 is 47.6 Å². The van der Waals surface area contributed by atoms with Crippen molar-refractivity contribution in [2.75, 3.05) is 6.79 Å². The fourth-order valence-corrected chi connectivity index (χ4v) is 13.0. The average Bonchev–Trinajstić information content (AvgIpc) is 3.08. The monoisotopic (exact) mass is 730 g/mol. The minimum atomic E-state index is -1.23. The minimum absolute atomic E-state index is 0.127. The molecule has 0 radical (unpaired) electrons. The van der Waals surface area contributed by atoms with Gasteiger partial charge < -0.3 is 14.2 Å². The molecule has 4 saturated carbocycles. The molecule has 53 heavy (non-hydrogen) atoms. The van der Waals surface area contributed by atoms with Crippen LogP contribution in [0.5, 0.6) is 0 Å². The van der Waals surface area contributed by atoms with Gasteiger partial charge in [0, 0.05) is 12.8 Å². The zero-order valence-corrected chi connectivity index (χ0v) is 34.4. The topological polar surface area (TPSA) is 96.0 Å². The number of carbonyl (C=O) groups is 4. The second-order valence-corrected chi connectivity index (χ2v) is 19.8. The van der Waals surface area contributed by atoms with Crippen molar-refractivity contribution in [2.45, 2.75) is 146 Å². The summed E-state index contributed by atoms with van der Waals surface area (Å²) in [7, 11) is 0. The number of allylic oxidation sites excluding steroid dienone is 2. The molecule has 7 heteroatoms. The van der Waals surface area contributed by atoms with E-state index in [4.69, 9.17) is 14.2 Å². The highest BCUT2D eigenvalue weighted by molar-refractivity contribution is 5.96. The van der Waals surface area contributed by atoms with Crippen LogP contribution in [0.15, 0.2) is 35.9 Å². The Bertz CT molecular complexity index is 1640. The van der Waals surface area contributed by atoms with Gasteiger partial charge in [0.25, 0.3) is 0 Å². The number of fused-ring (bicyclic) bond motifs is 7. The molecule has 4 fully saturated rings. The van der Waals surface area contributed by atoms with Crippen molar-refractivity contribution in [3.63, 3.8) is 0 Å². The summed E-state index contributed by atoms with van der Waals surface area (Å²) >= 11 is 0. The smallest absolute Gasteiger partial charge is 0.318 e. The lowest BCUT2D eigenvalue weighted by atomic mass is 9.33. The maximum absolute atomic E-state index is 14.9. The molecule has 1 unspecified atom stereocenters. The van der Waals surface area contributed by atoms with Crippen molar-refractivity contribution in [2.24, 2.45) is 62.6 Å². The summed E-state index contributed by atoms with van der Waals surface area (Å²) in [6.07, 6.45) is 9.63. The maximum Gasteiger partial charge on any atom is 0.318 e. The number of ether oxygens (including phenoxy) is 3. The van der Waals surface area contributed by atoms with E-state index >= 15 is 0 Å². The van der Waals surface area contributed by atoms with E-state index in [2.05, 4.69) is 61.5 Å². The Labute approximate surface area is 318 Å². The number of hydrogen-bond acceptors (Lipinski definition) is 7. The molecule has 0 N–H and O–H groups in total. The fraction of sp³-hybridized carbons (Fsp3) is 0.739. The van der Waals surface area contributed by atoms with Crippen molar-refractivity contribution < 1.29 is 33.4 Å². The molecule has 12 atom stereocenters. The van der Waals surface area contributed by atoms with Crippen LogP contribution in [0.3, 0.4) is 0 Å². The van der Waals surface area contributed by atoms with Crippen molar-refractivity contribution in [1.82, 2.24) is 0 Å². The first-order valence-electron chi connectivity index (χ1n) is 20.6. The molecule has 5 aliphatic carbocycles. The molecule has 0 bridgehead atoms. The molecular weight excluding hydrogens is 664 g/mol. The normalized spacial score (nSPS) is 41.1. The number of carbonyl (C=O) groups excluding carboxylic acids is 4. The van der Waals surface area contributed by atoms with Crippen LogP contribution in [0.4, 0.5) is 0 Å². The van der Waals surface area contributed by atoms with Gasteiger partial charge in [-0.25, -0.2) is 0 Å². The number of hydrogen-bond donors (Lipinski definition) is 0. The molecule has 0 spiro atoms. The van der Waals surface area contributed by atoms with Crippen LogP contribution in [0.25, 0.3) is 0 Å². The molecule has 0 aromatic heterocycles. The van der Waals surface area contributed by atoms with Crippen molar-refractivity contribution in [3.8, 4) is 0 Å². The summed E-state index contributed by atoms with van der Waals surface area (Å²) in [5, 5.41) is 0. The summed E-state index contributed by atoms with van der Waals surface area (Å²) in [4.78, 5) is 54.9. The first-order chi connectivity index (χ1) is 24.7. The Morgan fingerprint density at radius 2 is 1.53 bits per heavy atom. The minimum Gasteiger partial charge on any atom is -0.461 e. The highest BCUT2D eigenvalue weighted by atomic mass is 16.7. The molecule has 1 aromatic rings. The van der Waals surface area contributed by atoms with Crippen molar-refractivity contribution in [1.29, 1.82) is 0 Å². The summed E-state index contributed by atoms with van der Waals surface area (Å²) in [5.41, 5.74) is 1.48. The molecule has 6 rings (SSSR count). The van der Waals surface area contributed by atoms with Gasteiger partial charge in [-0.05, 0) is 140 Å². The zero-order valence-electron chi connectivity index (χ0n) is 34.4. The molecule has 0 saturated heterocycles. The van der Waals surface area contributed by atoms with Gasteiger partial charge in [0.05, 0.1) is 5.92 Å². The highest BCUT2D eigenvalue weighted by Gasteiger charge is 2.72. The Balaban J connectivity index is 1.25. The Hall–Kier alpha value is -2.96. The lowest BCUT2D eigenvalue weighted by Gasteiger charge is -2.70. The largest absolute Gasteiger partial charge is 0.461 e. The van der Waals surface area contributed by atoms with E-state index in [1.54, 1.807) is 6.92 Å². The van der Waals surface area contributed by atoms with Gasteiger partial charge in [-0.15, -0.1) is 0 Å².